The van der Waals surface area contributed by atoms with E-state index in [-0.39, 0.29) is 30.5 Å². The molecule has 0 unspecified atom stereocenters. The molecule has 0 atom stereocenters. The van der Waals surface area contributed by atoms with Crippen LogP contribution in [0.4, 0.5) is 13.2 Å². The number of alkyl halides is 3. The molecular weight excluding hydrogens is 468 g/mol. The zero-order valence-corrected chi connectivity index (χ0v) is 18.7. The number of nitrogens with one attached hydrogen (secondary N) is 2. The lowest BCUT2D eigenvalue weighted by molar-refractivity contribution is -0.137. The van der Waals surface area contributed by atoms with Gasteiger partial charge in [-0.2, -0.15) is 13.2 Å². The van der Waals surface area contributed by atoms with Gasteiger partial charge in [0.2, 0.25) is 0 Å². The summed E-state index contributed by atoms with van der Waals surface area (Å²) in [6.45, 7) is 11.2. The van der Waals surface area contributed by atoms with Crippen molar-refractivity contribution in [3.63, 3.8) is 0 Å². The van der Waals surface area contributed by atoms with Gasteiger partial charge in [0, 0.05) is 13.1 Å². The van der Waals surface area contributed by atoms with Gasteiger partial charge in [-0.15, -0.1) is 24.0 Å². The molecule has 2 N–H and O–H groups in total. The summed E-state index contributed by atoms with van der Waals surface area (Å²) in [5.41, 5.74) is -0.0990. The van der Waals surface area contributed by atoms with Crippen LogP contribution in [0.5, 0.6) is 0 Å². The van der Waals surface area contributed by atoms with E-state index in [1.807, 2.05) is 6.92 Å². The van der Waals surface area contributed by atoms with Gasteiger partial charge in [-0.3, -0.25) is 0 Å². The van der Waals surface area contributed by atoms with Gasteiger partial charge in [-0.05, 0) is 57.1 Å². The SMILES string of the molecule is CCNC(=NCc1cccc(C(F)(F)F)c1)NCCCCN(CC)CC.I. The highest BCUT2D eigenvalue weighted by Crippen LogP contribution is 2.29. The molecule has 0 aromatic heterocycles. The molecule has 1 aromatic carbocycles. The molecule has 0 aliphatic rings. The van der Waals surface area contributed by atoms with Gasteiger partial charge < -0.3 is 15.5 Å². The summed E-state index contributed by atoms with van der Waals surface area (Å²) < 4.78 is 38.3. The van der Waals surface area contributed by atoms with Crippen molar-refractivity contribution in [3.05, 3.63) is 35.4 Å². The van der Waals surface area contributed by atoms with E-state index in [4.69, 9.17) is 0 Å². The van der Waals surface area contributed by atoms with Crippen LogP contribution in [0.1, 0.15) is 44.7 Å². The van der Waals surface area contributed by atoms with Crippen molar-refractivity contribution < 1.29 is 13.2 Å². The number of rotatable bonds is 10. The first-order valence-corrected chi connectivity index (χ1v) is 9.31. The Kier molecular flexibility index (Phi) is 13.5. The van der Waals surface area contributed by atoms with Crippen molar-refractivity contribution in [1.29, 1.82) is 0 Å². The maximum absolute atomic E-state index is 12.8. The minimum absolute atomic E-state index is 0. The number of benzene rings is 1. The van der Waals surface area contributed by atoms with Crippen LogP contribution in [0, 0.1) is 0 Å². The third kappa shape index (κ3) is 10.8. The fourth-order valence-corrected chi connectivity index (χ4v) is 2.57. The summed E-state index contributed by atoms with van der Waals surface area (Å²) in [6.07, 6.45) is -2.21. The van der Waals surface area contributed by atoms with Gasteiger partial charge in [-0.1, -0.05) is 26.0 Å². The van der Waals surface area contributed by atoms with Gasteiger partial charge >= 0.3 is 6.18 Å². The summed E-state index contributed by atoms with van der Waals surface area (Å²) in [6, 6.07) is 5.30. The molecule has 0 bridgehead atoms. The molecule has 156 valence electrons. The van der Waals surface area contributed by atoms with E-state index < -0.39 is 11.7 Å². The molecule has 0 saturated heterocycles. The quantitative estimate of drug-likeness (QED) is 0.215. The second-order valence-electron chi connectivity index (χ2n) is 6.05. The molecule has 0 spiro atoms. The van der Waals surface area contributed by atoms with Crippen LogP contribution in [-0.4, -0.2) is 43.6 Å². The van der Waals surface area contributed by atoms with Gasteiger partial charge in [0.1, 0.15) is 0 Å². The molecule has 1 rings (SSSR count). The molecule has 4 nitrogen and oxygen atoms in total. The summed E-state index contributed by atoms with van der Waals surface area (Å²) in [5, 5.41) is 6.37. The number of hydrogen-bond acceptors (Lipinski definition) is 2. The summed E-state index contributed by atoms with van der Waals surface area (Å²) in [7, 11) is 0. The molecule has 0 radical (unpaired) electrons. The van der Waals surface area contributed by atoms with E-state index in [0.717, 1.165) is 51.2 Å². The van der Waals surface area contributed by atoms with Crippen LogP contribution >= 0.6 is 24.0 Å². The van der Waals surface area contributed by atoms with Crippen molar-refractivity contribution in [2.75, 3.05) is 32.7 Å². The topological polar surface area (TPSA) is 39.7 Å². The number of hydrogen-bond donors (Lipinski definition) is 2. The zero-order valence-electron chi connectivity index (χ0n) is 16.4. The lowest BCUT2D eigenvalue weighted by Crippen LogP contribution is -2.38. The molecular formula is C19H32F3IN4. The van der Waals surface area contributed by atoms with E-state index in [1.165, 1.54) is 6.07 Å². The first-order valence-electron chi connectivity index (χ1n) is 9.31. The van der Waals surface area contributed by atoms with Gasteiger partial charge in [0.25, 0.3) is 0 Å². The van der Waals surface area contributed by atoms with Crippen molar-refractivity contribution in [2.24, 2.45) is 4.99 Å². The molecule has 0 aliphatic carbocycles. The molecule has 8 heteroatoms. The van der Waals surface area contributed by atoms with Crippen LogP contribution in [0.15, 0.2) is 29.3 Å². The second-order valence-corrected chi connectivity index (χ2v) is 6.05. The van der Waals surface area contributed by atoms with Crippen LogP contribution in [-0.2, 0) is 12.7 Å². The normalized spacial score (nSPS) is 12.0. The number of nitrogens with zero attached hydrogens (tertiary/aromatic N) is 2. The Labute approximate surface area is 178 Å². The van der Waals surface area contributed by atoms with E-state index in [9.17, 15) is 13.2 Å². The summed E-state index contributed by atoms with van der Waals surface area (Å²) in [4.78, 5) is 6.77. The highest BCUT2D eigenvalue weighted by molar-refractivity contribution is 14.0. The number of halogens is 4. The average molecular weight is 500 g/mol. The standard InChI is InChI=1S/C19H31F3N4.HI/c1-4-23-18(24-12-7-8-13-26(5-2)6-3)25-15-16-10-9-11-17(14-16)19(20,21)22;/h9-11,14H,4-8,12-13,15H2,1-3H3,(H2,23,24,25);1H. The number of unbranched alkanes of at least 4 members (excludes halogenated alkanes) is 1. The van der Waals surface area contributed by atoms with Crippen LogP contribution < -0.4 is 10.6 Å². The predicted octanol–water partition coefficient (Wildman–Crippen LogP) is 4.50. The molecule has 0 fully saturated rings. The highest BCUT2D eigenvalue weighted by Gasteiger charge is 2.30. The Morgan fingerprint density at radius 2 is 1.78 bits per heavy atom. The van der Waals surface area contributed by atoms with Gasteiger partial charge in [-0.25, -0.2) is 4.99 Å². The lowest BCUT2D eigenvalue weighted by Gasteiger charge is -2.18. The van der Waals surface area contributed by atoms with Gasteiger partial charge in [0.05, 0.1) is 12.1 Å². The van der Waals surface area contributed by atoms with E-state index in [0.29, 0.717) is 18.1 Å². The van der Waals surface area contributed by atoms with E-state index in [2.05, 4.69) is 34.4 Å². The van der Waals surface area contributed by atoms with E-state index in [1.54, 1.807) is 6.07 Å². The second kappa shape index (κ2) is 14.0. The minimum Gasteiger partial charge on any atom is -0.357 e. The Bertz CT molecular complexity index is 546. The molecule has 0 aliphatic heterocycles. The van der Waals surface area contributed by atoms with Crippen LogP contribution in [0.25, 0.3) is 0 Å². The van der Waals surface area contributed by atoms with Crippen LogP contribution in [0.3, 0.4) is 0 Å². The monoisotopic (exact) mass is 500 g/mol. The van der Waals surface area contributed by atoms with E-state index >= 15 is 0 Å². The first kappa shape index (κ1) is 26.0. The van der Waals surface area contributed by atoms with Crippen molar-refractivity contribution in [2.45, 2.75) is 46.3 Å². The predicted molar refractivity (Wildman–Crippen MR) is 117 cm³/mol. The fourth-order valence-electron chi connectivity index (χ4n) is 2.57. The number of guanidine groups is 1. The molecule has 0 amide bonds. The minimum atomic E-state index is -4.33. The largest absolute Gasteiger partial charge is 0.416 e. The van der Waals surface area contributed by atoms with Crippen molar-refractivity contribution in [3.8, 4) is 0 Å². The lowest BCUT2D eigenvalue weighted by atomic mass is 10.1. The van der Waals surface area contributed by atoms with Crippen LogP contribution in [0.2, 0.25) is 0 Å². The molecule has 27 heavy (non-hydrogen) atoms. The van der Waals surface area contributed by atoms with Gasteiger partial charge in [0.15, 0.2) is 5.96 Å². The average Bonchev–Trinajstić information content (AvgIpc) is 2.62. The van der Waals surface area contributed by atoms with Crippen molar-refractivity contribution >= 4 is 29.9 Å². The summed E-state index contributed by atoms with van der Waals surface area (Å²) in [5.74, 6) is 0.632. The first-order chi connectivity index (χ1) is 12.4. The highest BCUT2D eigenvalue weighted by atomic mass is 127. The Morgan fingerprint density at radius 3 is 2.37 bits per heavy atom. The summed E-state index contributed by atoms with van der Waals surface area (Å²) >= 11 is 0. The fraction of sp³-hybridized carbons (Fsp3) is 0.632. The number of aliphatic imine (C=N–C) groups is 1. The molecule has 1 aromatic rings. The third-order valence-electron chi connectivity index (χ3n) is 4.11. The van der Waals surface area contributed by atoms with Crippen molar-refractivity contribution in [1.82, 2.24) is 15.5 Å². The Balaban J connectivity index is 0.00000676. The maximum atomic E-state index is 12.8. The molecule has 0 heterocycles. The Hall–Kier alpha value is -1.03. The third-order valence-corrected chi connectivity index (χ3v) is 4.11. The Morgan fingerprint density at radius 1 is 1.07 bits per heavy atom. The maximum Gasteiger partial charge on any atom is 0.416 e. The molecule has 0 saturated carbocycles. The zero-order chi connectivity index (χ0) is 19.4. The smallest absolute Gasteiger partial charge is 0.357 e.